The average Bonchev–Trinajstić information content (AvgIpc) is 2.66. The van der Waals surface area contributed by atoms with Crippen LogP contribution in [0.5, 0.6) is 0 Å². The normalized spacial score (nSPS) is 12.7. The standard InChI is InChI=1S/C12H23N5O2/c1-5-6-9(7-13)14-12-11(17(18)19)10(8(2)3)15-16(12)4/h8-9,14H,5-7,13H2,1-4H3. The van der Waals surface area contributed by atoms with E-state index < -0.39 is 0 Å². The maximum absolute atomic E-state index is 11.3. The molecule has 0 bridgehead atoms. The third-order valence-corrected chi connectivity index (χ3v) is 3.04. The van der Waals surface area contributed by atoms with Crippen LogP contribution in [0.25, 0.3) is 0 Å². The van der Waals surface area contributed by atoms with E-state index >= 15 is 0 Å². The average molecular weight is 269 g/mol. The lowest BCUT2D eigenvalue weighted by atomic mass is 10.1. The number of anilines is 1. The van der Waals surface area contributed by atoms with Crippen LogP contribution in [0.15, 0.2) is 0 Å². The van der Waals surface area contributed by atoms with E-state index in [9.17, 15) is 10.1 Å². The number of rotatable bonds is 7. The summed E-state index contributed by atoms with van der Waals surface area (Å²) in [6, 6.07) is 0.0270. The van der Waals surface area contributed by atoms with Gasteiger partial charge in [-0.05, 0) is 6.42 Å². The molecule has 0 radical (unpaired) electrons. The molecule has 19 heavy (non-hydrogen) atoms. The Kier molecular flexibility index (Phi) is 5.29. The molecule has 7 nitrogen and oxygen atoms in total. The molecule has 7 heteroatoms. The molecule has 1 unspecified atom stereocenters. The molecule has 1 aromatic rings. The minimum absolute atomic E-state index is 0.00431. The van der Waals surface area contributed by atoms with E-state index in [0.29, 0.717) is 18.1 Å². The van der Waals surface area contributed by atoms with Gasteiger partial charge in [0.15, 0.2) is 0 Å². The third-order valence-electron chi connectivity index (χ3n) is 3.04. The summed E-state index contributed by atoms with van der Waals surface area (Å²) in [6.45, 7) is 6.28. The first-order valence-electron chi connectivity index (χ1n) is 6.60. The van der Waals surface area contributed by atoms with Crippen molar-refractivity contribution in [2.75, 3.05) is 11.9 Å². The highest BCUT2D eigenvalue weighted by molar-refractivity contribution is 5.61. The summed E-state index contributed by atoms with van der Waals surface area (Å²) in [5, 5.41) is 18.7. The van der Waals surface area contributed by atoms with E-state index in [1.165, 1.54) is 4.68 Å². The zero-order chi connectivity index (χ0) is 14.6. The molecule has 0 spiro atoms. The molecule has 0 saturated heterocycles. The van der Waals surface area contributed by atoms with Gasteiger partial charge in [-0.1, -0.05) is 27.2 Å². The van der Waals surface area contributed by atoms with Gasteiger partial charge in [0.1, 0.15) is 5.69 Å². The lowest BCUT2D eigenvalue weighted by Crippen LogP contribution is -2.29. The number of hydrogen-bond acceptors (Lipinski definition) is 5. The molecule has 3 N–H and O–H groups in total. The summed E-state index contributed by atoms with van der Waals surface area (Å²) in [6.07, 6.45) is 1.84. The second-order valence-electron chi connectivity index (χ2n) is 4.98. The predicted molar refractivity (Wildman–Crippen MR) is 75.3 cm³/mol. The Balaban J connectivity index is 3.15. The molecule has 0 aliphatic carbocycles. The zero-order valence-corrected chi connectivity index (χ0v) is 12.0. The Hall–Kier alpha value is -1.63. The molecule has 0 saturated carbocycles. The Labute approximate surface area is 113 Å². The van der Waals surface area contributed by atoms with Gasteiger partial charge in [-0.2, -0.15) is 5.10 Å². The van der Waals surface area contributed by atoms with Crippen molar-refractivity contribution in [3.05, 3.63) is 15.8 Å². The topological polar surface area (TPSA) is 99.0 Å². The van der Waals surface area contributed by atoms with Crippen LogP contribution in [-0.2, 0) is 7.05 Å². The lowest BCUT2D eigenvalue weighted by Gasteiger charge is -2.16. The smallest absolute Gasteiger partial charge is 0.334 e. The van der Waals surface area contributed by atoms with Crippen molar-refractivity contribution in [3.8, 4) is 0 Å². The van der Waals surface area contributed by atoms with E-state index in [1.807, 2.05) is 13.8 Å². The van der Waals surface area contributed by atoms with Crippen molar-refractivity contribution >= 4 is 11.5 Å². The van der Waals surface area contributed by atoms with Crippen LogP contribution in [0.3, 0.4) is 0 Å². The molecule has 1 heterocycles. The summed E-state index contributed by atoms with van der Waals surface area (Å²) >= 11 is 0. The molecular weight excluding hydrogens is 246 g/mol. The van der Waals surface area contributed by atoms with Crippen LogP contribution < -0.4 is 11.1 Å². The van der Waals surface area contributed by atoms with E-state index in [1.54, 1.807) is 7.05 Å². The predicted octanol–water partition coefficient (Wildman–Crippen LogP) is 1.99. The summed E-state index contributed by atoms with van der Waals surface area (Å²) in [7, 11) is 1.71. The largest absolute Gasteiger partial charge is 0.361 e. The van der Waals surface area contributed by atoms with Gasteiger partial charge in [-0.3, -0.25) is 10.1 Å². The molecular formula is C12H23N5O2. The van der Waals surface area contributed by atoms with E-state index in [4.69, 9.17) is 5.73 Å². The van der Waals surface area contributed by atoms with Crippen LogP contribution >= 0.6 is 0 Å². The number of nitrogens with two attached hydrogens (primary N) is 1. The fourth-order valence-corrected chi connectivity index (χ4v) is 2.05. The van der Waals surface area contributed by atoms with Gasteiger partial charge in [0.05, 0.1) is 4.92 Å². The number of hydrogen-bond donors (Lipinski definition) is 2. The van der Waals surface area contributed by atoms with Gasteiger partial charge in [0.25, 0.3) is 0 Å². The maximum atomic E-state index is 11.3. The highest BCUT2D eigenvalue weighted by Crippen LogP contribution is 2.33. The monoisotopic (exact) mass is 269 g/mol. The molecule has 0 aromatic carbocycles. The van der Waals surface area contributed by atoms with Gasteiger partial charge in [0, 0.05) is 25.6 Å². The van der Waals surface area contributed by atoms with Crippen LogP contribution in [-0.4, -0.2) is 27.3 Å². The van der Waals surface area contributed by atoms with Gasteiger partial charge in [-0.25, -0.2) is 4.68 Å². The first-order chi connectivity index (χ1) is 8.92. The first-order valence-corrected chi connectivity index (χ1v) is 6.60. The number of aromatic nitrogens is 2. The Morgan fingerprint density at radius 1 is 1.53 bits per heavy atom. The van der Waals surface area contributed by atoms with Gasteiger partial charge >= 0.3 is 5.69 Å². The minimum Gasteiger partial charge on any atom is -0.361 e. The Bertz CT molecular complexity index is 442. The Morgan fingerprint density at radius 2 is 2.16 bits per heavy atom. The Morgan fingerprint density at radius 3 is 2.58 bits per heavy atom. The molecule has 1 rings (SSSR count). The van der Waals surface area contributed by atoms with Gasteiger partial charge in [0.2, 0.25) is 5.82 Å². The van der Waals surface area contributed by atoms with Crippen molar-refractivity contribution in [2.45, 2.75) is 45.6 Å². The SMILES string of the molecule is CCCC(CN)Nc1c([N+](=O)[O-])c(C(C)C)nn1C. The highest BCUT2D eigenvalue weighted by Gasteiger charge is 2.29. The fraction of sp³-hybridized carbons (Fsp3) is 0.750. The second-order valence-corrected chi connectivity index (χ2v) is 4.98. The molecule has 1 aromatic heterocycles. The molecule has 0 fully saturated rings. The molecule has 0 aliphatic rings. The van der Waals surface area contributed by atoms with Crippen LogP contribution in [0.2, 0.25) is 0 Å². The lowest BCUT2D eigenvalue weighted by molar-refractivity contribution is -0.384. The number of nitro groups is 1. The summed E-state index contributed by atoms with van der Waals surface area (Å²) in [4.78, 5) is 10.9. The third kappa shape index (κ3) is 3.44. The molecule has 0 aliphatic heterocycles. The van der Waals surface area contributed by atoms with Crippen molar-refractivity contribution in [2.24, 2.45) is 12.8 Å². The van der Waals surface area contributed by atoms with E-state index in [0.717, 1.165) is 12.8 Å². The van der Waals surface area contributed by atoms with Crippen LogP contribution in [0.1, 0.15) is 45.2 Å². The number of nitrogens with one attached hydrogen (secondary N) is 1. The van der Waals surface area contributed by atoms with E-state index in [2.05, 4.69) is 17.3 Å². The first kappa shape index (κ1) is 15.4. The number of aryl methyl sites for hydroxylation is 1. The fourth-order valence-electron chi connectivity index (χ4n) is 2.05. The summed E-state index contributed by atoms with van der Waals surface area (Å²) in [5.74, 6) is 0.447. The minimum atomic E-state index is -0.371. The van der Waals surface area contributed by atoms with E-state index in [-0.39, 0.29) is 22.6 Å². The van der Waals surface area contributed by atoms with Gasteiger partial charge in [-0.15, -0.1) is 0 Å². The van der Waals surface area contributed by atoms with Crippen LogP contribution in [0.4, 0.5) is 11.5 Å². The molecule has 1 atom stereocenters. The van der Waals surface area contributed by atoms with Crippen LogP contribution in [0, 0.1) is 10.1 Å². The number of nitrogens with zero attached hydrogens (tertiary/aromatic N) is 3. The quantitative estimate of drug-likeness (QED) is 0.582. The second kappa shape index (κ2) is 6.51. The van der Waals surface area contributed by atoms with Crippen molar-refractivity contribution in [1.82, 2.24) is 9.78 Å². The maximum Gasteiger partial charge on any atom is 0.334 e. The summed E-state index contributed by atoms with van der Waals surface area (Å²) < 4.78 is 1.53. The van der Waals surface area contributed by atoms with Crippen molar-refractivity contribution in [1.29, 1.82) is 0 Å². The van der Waals surface area contributed by atoms with Crippen molar-refractivity contribution in [3.63, 3.8) is 0 Å². The molecule has 108 valence electrons. The van der Waals surface area contributed by atoms with Gasteiger partial charge < -0.3 is 11.1 Å². The molecule has 0 amide bonds. The zero-order valence-electron chi connectivity index (χ0n) is 12.0. The highest BCUT2D eigenvalue weighted by atomic mass is 16.6. The summed E-state index contributed by atoms with van der Waals surface area (Å²) in [5.41, 5.74) is 6.25. The van der Waals surface area contributed by atoms with Crippen molar-refractivity contribution < 1.29 is 4.92 Å².